The van der Waals surface area contributed by atoms with E-state index in [0.29, 0.717) is 46.1 Å². The van der Waals surface area contributed by atoms with E-state index in [-0.39, 0.29) is 5.57 Å². The van der Waals surface area contributed by atoms with Gasteiger partial charge in [-0.3, -0.25) is 9.59 Å². The molecule has 1 heterocycles. The fourth-order valence-corrected chi connectivity index (χ4v) is 5.21. The molecule has 41 heavy (non-hydrogen) atoms. The van der Waals surface area contributed by atoms with Gasteiger partial charge in [-0.2, -0.15) is 0 Å². The lowest BCUT2D eigenvalue weighted by Gasteiger charge is -2.34. The third kappa shape index (κ3) is 7.24. The van der Waals surface area contributed by atoms with Crippen molar-refractivity contribution in [3.05, 3.63) is 88.4 Å². The first-order chi connectivity index (χ1) is 20.0. The van der Waals surface area contributed by atoms with Crippen molar-refractivity contribution >= 4 is 51.2 Å². The fourth-order valence-electron chi connectivity index (χ4n) is 4.64. The minimum atomic E-state index is -0.732. The topological polar surface area (TPSA) is 76.2 Å². The lowest BCUT2D eigenvalue weighted by molar-refractivity contribution is -0.121. The molecule has 0 N–H and O–H groups in total. The van der Waals surface area contributed by atoms with E-state index >= 15 is 0 Å². The smallest absolute Gasteiger partial charge is 0.343 e. The van der Waals surface area contributed by atoms with Crippen LogP contribution in [-0.2, 0) is 9.59 Å². The number of carbonyl (C=O) groups excluding carboxylic acids is 3. The van der Waals surface area contributed by atoms with Crippen LogP contribution < -0.4 is 19.3 Å². The Balaban J connectivity index is 1.66. The summed E-state index contributed by atoms with van der Waals surface area (Å²) >= 11 is 3.59. The molecule has 1 aliphatic rings. The summed E-state index contributed by atoms with van der Waals surface area (Å²) in [7, 11) is 0. The van der Waals surface area contributed by atoms with Gasteiger partial charge in [-0.25, -0.2) is 14.6 Å². The van der Waals surface area contributed by atoms with E-state index in [0.717, 1.165) is 22.6 Å². The Morgan fingerprint density at radius 2 is 1.29 bits per heavy atom. The van der Waals surface area contributed by atoms with E-state index in [4.69, 9.17) is 9.47 Å². The van der Waals surface area contributed by atoms with E-state index in [9.17, 15) is 14.4 Å². The number of imide groups is 2. The van der Waals surface area contributed by atoms with Crippen LogP contribution in [-0.4, -0.2) is 31.1 Å². The average Bonchev–Trinajstić information content (AvgIpc) is 2.97. The Bertz CT molecular complexity index is 1330. The van der Waals surface area contributed by atoms with Gasteiger partial charge in [0.25, 0.3) is 11.8 Å². The van der Waals surface area contributed by atoms with Crippen molar-refractivity contribution in [3.8, 4) is 11.5 Å². The molecule has 0 atom stereocenters. The molecule has 1 fully saturated rings. The number of para-hydroxylation sites is 2. The van der Waals surface area contributed by atoms with E-state index in [1.165, 1.54) is 31.8 Å². The third-order valence-electron chi connectivity index (χ3n) is 6.67. The quantitative estimate of drug-likeness (QED) is 0.110. The van der Waals surface area contributed by atoms with Crippen LogP contribution in [0, 0.1) is 0 Å². The van der Waals surface area contributed by atoms with E-state index < -0.39 is 17.8 Å². The molecule has 7 nitrogen and oxygen atoms in total. The van der Waals surface area contributed by atoms with Crippen LogP contribution in [0.1, 0.15) is 57.9 Å². The zero-order valence-corrected chi connectivity index (χ0v) is 25.1. The Kier molecular flexibility index (Phi) is 10.7. The summed E-state index contributed by atoms with van der Waals surface area (Å²) in [6.45, 7) is 5.05. The molecular weight excluding hydrogens is 584 g/mol. The number of unbranched alkanes of at least 4 members (excludes halogenated alkanes) is 5. The molecule has 0 unspecified atom stereocenters. The molecule has 8 heteroatoms. The van der Waals surface area contributed by atoms with Gasteiger partial charge in [-0.15, -0.1) is 0 Å². The number of rotatable bonds is 13. The maximum Gasteiger partial charge on any atom is 0.343 e. The summed E-state index contributed by atoms with van der Waals surface area (Å²) in [6, 6.07) is 20.0. The highest BCUT2D eigenvalue weighted by molar-refractivity contribution is 9.10. The zero-order chi connectivity index (χ0) is 29.2. The third-order valence-corrected chi connectivity index (χ3v) is 7.25. The van der Waals surface area contributed by atoms with Gasteiger partial charge < -0.3 is 9.47 Å². The van der Waals surface area contributed by atoms with Crippen molar-refractivity contribution < 1.29 is 23.9 Å². The normalized spacial score (nSPS) is 13.5. The van der Waals surface area contributed by atoms with Gasteiger partial charge in [-0.05, 0) is 77.3 Å². The summed E-state index contributed by atoms with van der Waals surface area (Å²) in [5, 5.41) is 0. The molecule has 0 aromatic heterocycles. The van der Waals surface area contributed by atoms with Crippen LogP contribution in [0.25, 0.3) is 6.08 Å². The molecule has 0 aliphatic carbocycles. The maximum absolute atomic E-state index is 13.7. The number of ether oxygens (including phenoxy) is 2. The highest BCUT2D eigenvalue weighted by atomic mass is 79.9. The standard InChI is InChI=1S/C33H35BrN2O5/c1-3-5-6-7-8-15-20-41-30-28(34)22-24(23-29(30)40-4-2)21-27-31(37)35(25-16-11-9-12-17-25)33(39)36(32(27)38)26-18-13-10-14-19-26/h9-14,16-19,21-23H,3-8,15,20H2,1-2H3. The number of benzene rings is 3. The number of barbiturate groups is 1. The minimum absolute atomic E-state index is 0.146. The van der Waals surface area contributed by atoms with Crippen molar-refractivity contribution in [3.63, 3.8) is 0 Å². The van der Waals surface area contributed by atoms with Crippen molar-refractivity contribution in [2.24, 2.45) is 0 Å². The SMILES string of the molecule is CCCCCCCCOc1c(Br)cc(C=C2C(=O)N(c3ccccc3)C(=O)N(c3ccccc3)C2=O)cc1OCC. The lowest BCUT2D eigenvalue weighted by atomic mass is 10.0. The van der Waals surface area contributed by atoms with E-state index in [1.54, 1.807) is 72.8 Å². The van der Waals surface area contributed by atoms with E-state index in [1.807, 2.05) is 6.92 Å². The van der Waals surface area contributed by atoms with Crippen LogP contribution in [0.3, 0.4) is 0 Å². The Hall–Kier alpha value is -3.91. The first kappa shape index (κ1) is 30.1. The number of nitrogens with zero attached hydrogens (tertiary/aromatic N) is 2. The molecule has 0 bridgehead atoms. The van der Waals surface area contributed by atoms with Crippen LogP contribution >= 0.6 is 15.9 Å². The summed E-state index contributed by atoms with van der Waals surface area (Å²) < 4.78 is 12.6. The predicted molar refractivity (Wildman–Crippen MR) is 165 cm³/mol. The van der Waals surface area contributed by atoms with Gasteiger partial charge in [0.2, 0.25) is 0 Å². The van der Waals surface area contributed by atoms with E-state index in [2.05, 4.69) is 22.9 Å². The van der Waals surface area contributed by atoms with Crippen molar-refractivity contribution in [1.29, 1.82) is 0 Å². The summed E-state index contributed by atoms with van der Waals surface area (Å²) in [5.41, 5.74) is 1.15. The molecule has 0 saturated carbocycles. The first-order valence-electron chi connectivity index (χ1n) is 14.1. The molecule has 4 amide bonds. The second kappa shape index (κ2) is 14.6. The Labute approximate surface area is 249 Å². The molecule has 3 aromatic carbocycles. The van der Waals surface area contributed by atoms with Crippen LogP contribution in [0.15, 0.2) is 82.8 Å². The van der Waals surface area contributed by atoms with Gasteiger partial charge in [0.05, 0.1) is 29.1 Å². The van der Waals surface area contributed by atoms with Gasteiger partial charge in [-0.1, -0.05) is 75.4 Å². The molecule has 0 radical (unpaired) electrons. The number of amides is 4. The number of halogens is 1. The number of carbonyl (C=O) groups is 3. The maximum atomic E-state index is 13.7. The van der Waals surface area contributed by atoms with Crippen LogP contribution in [0.2, 0.25) is 0 Å². The highest BCUT2D eigenvalue weighted by Crippen LogP contribution is 2.38. The second-order valence-electron chi connectivity index (χ2n) is 9.67. The second-order valence-corrected chi connectivity index (χ2v) is 10.5. The number of hydrogen-bond donors (Lipinski definition) is 0. The fraction of sp³-hybridized carbons (Fsp3) is 0.303. The van der Waals surface area contributed by atoms with Gasteiger partial charge in [0, 0.05) is 0 Å². The molecule has 1 saturated heterocycles. The summed E-state index contributed by atoms with van der Waals surface area (Å²) in [6.07, 6.45) is 8.43. The van der Waals surface area contributed by atoms with Crippen molar-refractivity contribution in [2.45, 2.75) is 52.4 Å². The molecule has 214 valence electrons. The molecule has 3 aromatic rings. The number of hydrogen-bond acceptors (Lipinski definition) is 5. The Morgan fingerprint density at radius 3 is 1.85 bits per heavy atom. The highest BCUT2D eigenvalue weighted by Gasteiger charge is 2.43. The first-order valence-corrected chi connectivity index (χ1v) is 14.9. The average molecular weight is 620 g/mol. The summed E-state index contributed by atoms with van der Waals surface area (Å²) in [5.74, 6) is -0.311. The molecule has 4 rings (SSSR count). The molecule has 1 aliphatic heterocycles. The van der Waals surface area contributed by atoms with Crippen molar-refractivity contribution in [1.82, 2.24) is 0 Å². The van der Waals surface area contributed by atoms with Crippen LogP contribution in [0.5, 0.6) is 11.5 Å². The van der Waals surface area contributed by atoms with Gasteiger partial charge in [0.1, 0.15) is 5.57 Å². The zero-order valence-electron chi connectivity index (χ0n) is 23.5. The van der Waals surface area contributed by atoms with Gasteiger partial charge in [0.15, 0.2) is 11.5 Å². The number of urea groups is 1. The van der Waals surface area contributed by atoms with Crippen LogP contribution in [0.4, 0.5) is 16.2 Å². The largest absolute Gasteiger partial charge is 0.490 e. The van der Waals surface area contributed by atoms with Crippen molar-refractivity contribution in [2.75, 3.05) is 23.0 Å². The molecular formula is C33H35BrN2O5. The lowest BCUT2D eigenvalue weighted by Crippen LogP contribution is -2.57. The number of anilines is 2. The predicted octanol–water partition coefficient (Wildman–Crippen LogP) is 8.17. The molecule has 0 spiro atoms. The summed E-state index contributed by atoms with van der Waals surface area (Å²) in [4.78, 5) is 42.9. The van der Waals surface area contributed by atoms with Gasteiger partial charge >= 0.3 is 6.03 Å². The Morgan fingerprint density at radius 1 is 0.732 bits per heavy atom. The monoisotopic (exact) mass is 618 g/mol. The minimum Gasteiger partial charge on any atom is -0.490 e.